The summed E-state index contributed by atoms with van der Waals surface area (Å²) in [5.74, 6) is -0.0236. The first-order valence-electron chi connectivity index (χ1n) is 14.9. The molecule has 3 aromatic carbocycles. The summed E-state index contributed by atoms with van der Waals surface area (Å²) in [4.78, 5) is 33.0. The van der Waals surface area contributed by atoms with Gasteiger partial charge in [-0.05, 0) is 65.9 Å². The zero-order valence-electron chi connectivity index (χ0n) is 26.6. The van der Waals surface area contributed by atoms with E-state index in [4.69, 9.17) is 0 Å². The SMILES string of the molecule is Cc1c(NC(=O)c2ccc(C(C)(C)C)cc2)cccc1-c1cn(C)c(=O)c(Nc2ccc(N3CCN(S(C)(=O)=O)CC3)cc2)n1. The van der Waals surface area contributed by atoms with E-state index in [2.05, 4.69) is 41.3 Å². The quantitative estimate of drug-likeness (QED) is 0.292. The van der Waals surface area contributed by atoms with Gasteiger partial charge in [-0.2, -0.15) is 4.31 Å². The van der Waals surface area contributed by atoms with Crippen LogP contribution in [0.25, 0.3) is 11.3 Å². The Morgan fingerprint density at radius 1 is 0.911 bits per heavy atom. The Balaban J connectivity index is 1.33. The Hall–Kier alpha value is -4.48. The van der Waals surface area contributed by atoms with E-state index in [0.29, 0.717) is 48.8 Å². The molecular formula is C34H40N6O4S. The van der Waals surface area contributed by atoms with Gasteiger partial charge >= 0.3 is 0 Å². The van der Waals surface area contributed by atoms with Crippen LogP contribution in [0.15, 0.2) is 77.7 Å². The third-order valence-corrected chi connectivity index (χ3v) is 9.45. The minimum atomic E-state index is -3.19. The lowest BCUT2D eigenvalue weighted by atomic mass is 9.86. The van der Waals surface area contributed by atoms with Crippen LogP contribution in [0.2, 0.25) is 0 Å². The molecule has 0 atom stereocenters. The van der Waals surface area contributed by atoms with Gasteiger partial charge in [-0.1, -0.05) is 45.0 Å². The highest BCUT2D eigenvalue weighted by Gasteiger charge is 2.23. The number of amides is 1. The van der Waals surface area contributed by atoms with Crippen LogP contribution in [-0.4, -0.2) is 60.6 Å². The third-order valence-electron chi connectivity index (χ3n) is 8.15. The van der Waals surface area contributed by atoms with Crippen LogP contribution in [0.5, 0.6) is 0 Å². The molecule has 0 unspecified atom stereocenters. The molecule has 1 aliphatic rings. The summed E-state index contributed by atoms with van der Waals surface area (Å²) in [7, 11) is -1.51. The summed E-state index contributed by atoms with van der Waals surface area (Å²) < 4.78 is 26.6. The summed E-state index contributed by atoms with van der Waals surface area (Å²) in [6, 6.07) is 20.9. The summed E-state index contributed by atoms with van der Waals surface area (Å²) >= 11 is 0. The van der Waals surface area contributed by atoms with Crippen molar-refractivity contribution < 1.29 is 13.2 Å². The Kier molecular flexibility index (Phi) is 8.86. The van der Waals surface area contributed by atoms with E-state index in [1.165, 1.54) is 15.1 Å². The van der Waals surface area contributed by atoms with Crippen LogP contribution in [-0.2, 0) is 22.5 Å². The van der Waals surface area contributed by atoms with Crippen molar-refractivity contribution in [3.8, 4) is 11.3 Å². The smallest absolute Gasteiger partial charge is 0.293 e. The van der Waals surface area contributed by atoms with Crippen molar-refractivity contribution in [3.63, 3.8) is 0 Å². The fourth-order valence-corrected chi connectivity index (χ4v) is 6.18. The molecule has 0 aliphatic carbocycles. The van der Waals surface area contributed by atoms with E-state index in [0.717, 1.165) is 22.4 Å². The number of aromatic nitrogens is 2. The maximum absolute atomic E-state index is 13.1. The number of piperazine rings is 1. The number of nitrogens with one attached hydrogen (secondary N) is 2. The topological polar surface area (TPSA) is 117 Å². The van der Waals surface area contributed by atoms with Crippen LogP contribution in [0.3, 0.4) is 0 Å². The zero-order valence-corrected chi connectivity index (χ0v) is 27.4. The lowest BCUT2D eigenvalue weighted by molar-refractivity contribution is 0.102. The number of benzene rings is 3. The van der Waals surface area contributed by atoms with Gasteiger partial charge in [-0.25, -0.2) is 13.4 Å². The fourth-order valence-electron chi connectivity index (χ4n) is 5.35. The minimum Gasteiger partial charge on any atom is -0.369 e. The minimum absolute atomic E-state index is 0.000889. The summed E-state index contributed by atoms with van der Waals surface area (Å²) in [5.41, 5.74) is 5.99. The molecule has 0 radical (unpaired) electrons. The number of carbonyl (C=O) groups is 1. The lowest BCUT2D eigenvalue weighted by Gasteiger charge is -2.34. The summed E-state index contributed by atoms with van der Waals surface area (Å²) in [6.45, 7) is 10.4. The van der Waals surface area contributed by atoms with E-state index in [-0.39, 0.29) is 22.7 Å². The Morgan fingerprint density at radius 3 is 2.16 bits per heavy atom. The average molecular weight is 629 g/mol. The molecule has 0 spiro atoms. The van der Waals surface area contributed by atoms with E-state index < -0.39 is 10.0 Å². The van der Waals surface area contributed by atoms with Gasteiger partial charge in [0.2, 0.25) is 10.0 Å². The number of carbonyl (C=O) groups excluding carboxylic acids is 1. The highest BCUT2D eigenvalue weighted by molar-refractivity contribution is 7.88. The van der Waals surface area contributed by atoms with E-state index in [1.807, 2.05) is 73.7 Å². The first kappa shape index (κ1) is 31.9. The van der Waals surface area contributed by atoms with Crippen molar-refractivity contribution in [2.75, 3.05) is 48.0 Å². The number of hydrogen-bond acceptors (Lipinski definition) is 7. The van der Waals surface area contributed by atoms with Gasteiger partial charge in [0, 0.05) is 67.6 Å². The van der Waals surface area contributed by atoms with Gasteiger partial charge in [-0.15, -0.1) is 0 Å². The van der Waals surface area contributed by atoms with Crippen molar-refractivity contribution >= 4 is 38.8 Å². The molecule has 0 bridgehead atoms. The molecule has 2 N–H and O–H groups in total. The Morgan fingerprint density at radius 2 is 1.56 bits per heavy atom. The number of sulfonamides is 1. The first-order chi connectivity index (χ1) is 21.2. The predicted molar refractivity (Wildman–Crippen MR) is 181 cm³/mol. The molecule has 0 saturated carbocycles. The Bertz CT molecular complexity index is 1870. The van der Waals surface area contributed by atoms with E-state index >= 15 is 0 Å². The summed E-state index contributed by atoms with van der Waals surface area (Å²) in [5, 5.41) is 6.19. The normalized spacial score (nSPS) is 14.3. The molecule has 10 nitrogen and oxygen atoms in total. The second kappa shape index (κ2) is 12.5. The van der Waals surface area contributed by atoms with Crippen LogP contribution >= 0.6 is 0 Å². The molecule has 4 aromatic rings. The summed E-state index contributed by atoms with van der Waals surface area (Å²) in [6.07, 6.45) is 2.92. The van der Waals surface area contributed by atoms with Gasteiger partial charge in [0.1, 0.15) is 0 Å². The lowest BCUT2D eigenvalue weighted by Crippen LogP contribution is -2.48. The number of anilines is 4. The van der Waals surface area contributed by atoms with Gasteiger partial charge in [0.05, 0.1) is 11.9 Å². The fraction of sp³-hybridized carbons (Fsp3) is 0.324. The van der Waals surface area contributed by atoms with Crippen LogP contribution in [0.1, 0.15) is 42.3 Å². The molecule has 1 amide bonds. The second-order valence-corrected chi connectivity index (χ2v) is 14.5. The zero-order chi connectivity index (χ0) is 32.5. The molecule has 1 aromatic heterocycles. The molecule has 236 valence electrons. The van der Waals surface area contributed by atoms with Crippen LogP contribution in [0.4, 0.5) is 22.9 Å². The molecule has 5 rings (SSSR count). The highest BCUT2D eigenvalue weighted by atomic mass is 32.2. The predicted octanol–water partition coefficient (Wildman–Crippen LogP) is 5.13. The Labute approximate surface area is 264 Å². The molecular weight excluding hydrogens is 588 g/mol. The van der Waals surface area contributed by atoms with Gasteiger partial charge in [0.25, 0.3) is 11.5 Å². The van der Waals surface area contributed by atoms with E-state index in [1.54, 1.807) is 13.2 Å². The van der Waals surface area contributed by atoms with Crippen molar-refractivity contribution in [1.29, 1.82) is 0 Å². The van der Waals surface area contributed by atoms with Crippen molar-refractivity contribution in [1.82, 2.24) is 13.9 Å². The molecule has 11 heteroatoms. The van der Waals surface area contributed by atoms with Gasteiger partial charge in [-0.3, -0.25) is 9.59 Å². The standard InChI is InChI=1S/C34H40N6O4S/c1-23-28(8-7-9-29(23)37-32(41)24-10-12-25(13-11-24)34(2,3)4)30-22-38(5)33(42)31(36-30)35-26-14-16-27(17-15-26)39-18-20-40(21-19-39)45(6,43)44/h7-17,22H,18-21H2,1-6H3,(H,35,36)(H,37,41). The monoisotopic (exact) mass is 628 g/mol. The van der Waals surface area contributed by atoms with Crippen molar-refractivity contribution in [2.45, 2.75) is 33.1 Å². The second-order valence-electron chi connectivity index (χ2n) is 12.5. The van der Waals surface area contributed by atoms with Crippen molar-refractivity contribution in [2.24, 2.45) is 7.05 Å². The molecule has 45 heavy (non-hydrogen) atoms. The molecule has 1 saturated heterocycles. The van der Waals surface area contributed by atoms with Crippen LogP contribution in [0, 0.1) is 6.92 Å². The molecule has 1 aliphatic heterocycles. The molecule has 2 heterocycles. The van der Waals surface area contributed by atoms with Crippen molar-refractivity contribution in [3.05, 3.63) is 100.0 Å². The highest BCUT2D eigenvalue weighted by Crippen LogP contribution is 2.29. The van der Waals surface area contributed by atoms with E-state index in [9.17, 15) is 18.0 Å². The molecule has 1 fully saturated rings. The van der Waals surface area contributed by atoms with Gasteiger partial charge in [0.15, 0.2) is 5.82 Å². The first-order valence-corrected chi connectivity index (χ1v) is 16.7. The number of nitrogens with zero attached hydrogens (tertiary/aromatic N) is 4. The number of aryl methyl sites for hydroxylation is 1. The largest absolute Gasteiger partial charge is 0.369 e. The van der Waals surface area contributed by atoms with Gasteiger partial charge < -0.3 is 20.1 Å². The van der Waals surface area contributed by atoms with Crippen LogP contribution < -0.4 is 21.1 Å². The average Bonchev–Trinajstić information content (AvgIpc) is 3.00. The third kappa shape index (κ3) is 7.26. The maximum Gasteiger partial charge on any atom is 0.293 e. The number of rotatable bonds is 7. The maximum atomic E-state index is 13.1. The number of hydrogen-bond donors (Lipinski definition) is 2.